The lowest BCUT2D eigenvalue weighted by Gasteiger charge is -2.23. The maximum atomic E-state index is 4.96. The molecule has 2 saturated heterocycles. The fourth-order valence-corrected chi connectivity index (χ4v) is 4.58. The predicted molar refractivity (Wildman–Crippen MR) is 123 cm³/mol. The van der Waals surface area contributed by atoms with Crippen molar-refractivity contribution in [1.82, 2.24) is 24.8 Å². The molecule has 1 N–H and O–H groups in total. The van der Waals surface area contributed by atoms with Gasteiger partial charge in [0.05, 0.1) is 0 Å². The van der Waals surface area contributed by atoms with Crippen molar-refractivity contribution in [3.8, 4) is 0 Å². The molecule has 1 saturated carbocycles. The van der Waals surface area contributed by atoms with E-state index in [1.165, 1.54) is 25.7 Å². The molecule has 0 amide bonds. The molecule has 1 aromatic rings. The summed E-state index contributed by atoms with van der Waals surface area (Å²) in [5, 5.41) is 3.52. The summed E-state index contributed by atoms with van der Waals surface area (Å²) in [6.45, 7) is 13.1. The molecule has 3 heterocycles. The summed E-state index contributed by atoms with van der Waals surface area (Å²) >= 11 is 0. The lowest BCUT2D eigenvalue weighted by atomic mass is 10.1. The Hall–Kier alpha value is -1.67. The first-order chi connectivity index (χ1) is 14.5. The Balaban J connectivity index is 1.46. The predicted octanol–water partition coefficient (Wildman–Crippen LogP) is 2.00. The van der Waals surface area contributed by atoms with E-state index in [1.54, 1.807) is 0 Å². The third kappa shape index (κ3) is 5.52. The van der Waals surface area contributed by atoms with Gasteiger partial charge in [0.25, 0.3) is 0 Å². The van der Waals surface area contributed by atoms with Crippen molar-refractivity contribution in [3.05, 3.63) is 0 Å². The number of hydrogen-bond donors (Lipinski definition) is 1. The highest BCUT2D eigenvalue weighted by Gasteiger charge is 2.30. The van der Waals surface area contributed by atoms with Crippen LogP contribution in [0.4, 0.5) is 17.8 Å². The van der Waals surface area contributed by atoms with Crippen molar-refractivity contribution in [2.24, 2.45) is 11.8 Å². The van der Waals surface area contributed by atoms with Crippen LogP contribution in [0.5, 0.6) is 0 Å². The summed E-state index contributed by atoms with van der Waals surface area (Å²) in [6, 6.07) is 0.544. The van der Waals surface area contributed by atoms with Crippen molar-refractivity contribution in [3.63, 3.8) is 0 Å². The highest BCUT2D eigenvalue weighted by atomic mass is 15.4. The Labute approximate surface area is 182 Å². The van der Waals surface area contributed by atoms with Gasteiger partial charge in [0, 0.05) is 45.3 Å². The molecule has 1 aliphatic carbocycles. The summed E-state index contributed by atoms with van der Waals surface area (Å²) in [5.41, 5.74) is 0. The van der Waals surface area contributed by atoms with Crippen LogP contribution in [0, 0.1) is 11.8 Å². The maximum Gasteiger partial charge on any atom is 0.231 e. The van der Waals surface area contributed by atoms with Crippen LogP contribution in [0.15, 0.2) is 0 Å². The Morgan fingerprint density at radius 3 is 1.73 bits per heavy atom. The van der Waals surface area contributed by atoms with Crippen LogP contribution < -0.4 is 15.1 Å². The summed E-state index contributed by atoms with van der Waals surface area (Å²) in [6.07, 6.45) is 4.87. The molecule has 8 nitrogen and oxygen atoms in total. The van der Waals surface area contributed by atoms with E-state index in [2.05, 4.69) is 52.9 Å². The molecule has 30 heavy (non-hydrogen) atoms. The fraction of sp³-hybridized carbons (Fsp3) is 0.864. The Morgan fingerprint density at radius 1 is 0.800 bits per heavy atom. The summed E-state index contributed by atoms with van der Waals surface area (Å²) in [4.78, 5) is 24.2. The average molecular weight is 417 g/mol. The van der Waals surface area contributed by atoms with Crippen LogP contribution in [0.1, 0.15) is 39.5 Å². The largest absolute Gasteiger partial charge is 0.351 e. The minimum absolute atomic E-state index is 0.544. The second-order valence-electron chi connectivity index (χ2n) is 9.59. The van der Waals surface area contributed by atoms with Gasteiger partial charge in [0.1, 0.15) is 0 Å². The van der Waals surface area contributed by atoms with E-state index in [1.807, 2.05) is 0 Å². The first-order valence-corrected chi connectivity index (χ1v) is 11.9. The lowest BCUT2D eigenvalue weighted by molar-refractivity contribution is 0.300. The van der Waals surface area contributed by atoms with E-state index in [0.717, 1.165) is 70.2 Å². The van der Waals surface area contributed by atoms with Gasteiger partial charge in [-0.25, -0.2) is 0 Å². The molecule has 0 aromatic carbocycles. The second-order valence-corrected chi connectivity index (χ2v) is 9.59. The summed E-state index contributed by atoms with van der Waals surface area (Å²) in [7, 11) is 4.42. The zero-order valence-electron chi connectivity index (χ0n) is 19.3. The van der Waals surface area contributed by atoms with Gasteiger partial charge in [0.15, 0.2) is 0 Å². The molecule has 3 fully saturated rings. The van der Waals surface area contributed by atoms with Gasteiger partial charge < -0.3 is 24.9 Å². The first-order valence-electron chi connectivity index (χ1n) is 11.9. The van der Waals surface area contributed by atoms with Crippen LogP contribution >= 0.6 is 0 Å². The van der Waals surface area contributed by atoms with E-state index in [4.69, 9.17) is 15.0 Å². The molecule has 4 rings (SSSR count). The summed E-state index contributed by atoms with van der Waals surface area (Å²) < 4.78 is 0. The molecular formula is C22H40N8. The van der Waals surface area contributed by atoms with E-state index < -0.39 is 0 Å². The van der Waals surface area contributed by atoms with E-state index in [9.17, 15) is 0 Å². The fourth-order valence-electron chi connectivity index (χ4n) is 4.58. The standard InChI is InChI=1S/C22H40N8/c1-5-27(3)13-17-9-11-29(15-17)21-24-20(23-19-7-8-19)25-22(26-21)30-12-10-18(16-30)14-28(4)6-2/h17-19H,5-16H2,1-4H3,(H,23,24,25,26). The highest BCUT2D eigenvalue weighted by Crippen LogP contribution is 2.29. The molecule has 2 unspecified atom stereocenters. The molecule has 0 bridgehead atoms. The number of nitrogens with zero attached hydrogens (tertiary/aromatic N) is 7. The number of rotatable bonds is 10. The minimum atomic E-state index is 0.544. The quantitative estimate of drug-likeness (QED) is 0.621. The number of hydrogen-bond acceptors (Lipinski definition) is 8. The average Bonchev–Trinajstić information content (AvgIpc) is 3.24. The van der Waals surface area contributed by atoms with Gasteiger partial charge in [-0.05, 0) is 64.7 Å². The van der Waals surface area contributed by atoms with E-state index >= 15 is 0 Å². The third-order valence-electron chi connectivity index (χ3n) is 6.88. The van der Waals surface area contributed by atoms with Crippen molar-refractivity contribution in [2.75, 3.05) is 81.6 Å². The molecule has 0 spiro atoms. The topological polar surface area (TPSA) is 63.7 Å². The van der Waals surface area contributed by atoms with Crippen LogP contribution in [0.3, 0.4) is 0 Å². The number of anilines is 3. The Bertz CT molecular complexity index is 645. The molecule has 8 heteroatoms. The molecule has 1 aromatic heterocycles. The van der Waals surface area contributed by atoms with Crippen LogP contribution in [0.2, 0.25) is 0 Å². The maximum absolute atomic E-state index is 4.96. The van der Waals surface area contributed by atoms with Crippen molar-refractivity contribution < 1.29 is 0 Å². The van der Waals surface area contributed by atoms with Gasteiger partial charge in [-0.1, -0.05) is 13.8 Å². The highest BCUT2D eigenvalue weighted by molar-refractivity contribution is 5.47. The van der Waals surface area contributed by atoms with Gasteiger partial charge in [-0.3, -0.25) is 0 Å². The van der Waals surface area contributed by atoms with E-state index in [0.29, 0.717) is 17.9 Å². The molecule has 168 valence electrons. The van der Waals surface area contributed by atoms with Crippen molar-refractivity contribution in [2.45, 2.75) is 45.6 Å². The lowest BCUT2D eigenvalue weighted by Crippen LogP contribution is -2.31. The number of nitrogens with one attached hydrogen (secondary N) is 1. The van der Waals surface area contributed by atoms with Crippen LogP contribution in [-0.2, 0) is 0 Å². The number of aromatic nitrogens is 3. The van der Waals surface area contributed by atoms with Crippen molar-refractivity contribution in [1.29, 1.82) is 0 Å². The van der Waals surface area contributed by atoms with Gasteiger partial charge >= 0.3 is 0 Å². The molecular weight excluding hydrogens is 376 g/mol. The van der Waals surface area contributed by atoms with E-state index in [-0.39, 0.29) is 0 Å². The Morgan fingerprint density at radius 2 is 1.30 bits per heavy atom. The summed E-state index contributed by atoms with van der Waals surface area (Å²) in [5.74, 6) is 3.87. The van der Waals surface area contributed by atoms with Gasteiger partial charge in [0.2, 0.25) is 17.8 Å². The first kappa shape index (κ1) is 21.6. The zero-order chi connectivity index (χ0) is 21.1. The zero-order valence-corrected chi connectivity index (χ0v) is 19.3. The molecule has 2 aliphatic heterocycles. The van der Waals surface area contributed by atoms with Gasteiger partial charge in [-0.2, -0.15) is 15.0 Å². The monoisotopic (exact) mass is 416 g/mol. The smallest absolute Gasteiger partial charge is 0.231 e. The van der Waals surface area contributed by atoms with Gasteiger partial charge in [-0.15, -0.1) is 0 Å². The molecule has 3 aliphatic rings. The normalized spacial score (nSPS) is 24.5. The third-order valence-corrected chi connectivity index (χ3v) is 6.88. The van der Waals surface area contributed by atoms with Crippen LogP contribution in [-0.4, -0.2) is 97.2 Å². The SMILES string of the molecule is CCN(C)CC1CCN(c2nc(NC3CC3)nc(N3CCC(CN(C)CC)C3)n2)C1. The van der Waals surface area contributed by atoms with Crippen molar-refractivity contribution >= 4 is 17.8 Å². The molecule has 2 atom stereocenters. The van der Waals surface area contributed by atoms with Crippen LogP contribution in [0.25, 0.3) is 0 Å². The second kappa shape index (κ2) is 9.64. The minimum Gasteiger partial charge on any atom is -0.351 e. The Kier molecular flexibility index (Phi) is 6.93. The molecule has 0 radical (unpaired) electrons.